The molecule has 3 N–H and O–H groups in total. The first-order chi connectivity index (χ1) is 8.02. The van der Waals surface area contributed by atoms with Gasteiger partial charge in [-0.15, -0.1) is 0 Å². The molecule has 0 radical (unpaired) electrons. The van der Waals surface area contributed by atoms with Crippen LogP contribution < -0.4 is 11.3 Å². The van der Waals surface area contributed by atoms with E-state index in [4.69, 9.17) is 5.84 Å². The van der Waals surface area contributed by atoms with Crippen LogP contribution in [0, 0.1) is 11.6 Å². The van der Waals surface area contributed by atoms with Gasteiger partial charge in [-0.1, -0.05) is 13.8 Å². The van der Waals surface area contributed by atoms with Crippen molar-refractivity contribution in [2.24, 2.45) is 5.84 Å². The summed E-state index contributed by atoms with van der Waals surface area (Å²) in [6, 6.07) is 2.07. The van der Waals surface area contributed by atoms with Crippen LogP contribution in [0.1, 0.15) is 25.6 Å². The Morgan fingerprint density at radius 2 is 1.82 bits per heavy atom. The van der Waals surface area contributed by atoms with E-state index in [0.717, 1.165) is 12.1 Å². The zero-order valence-electron chi connectivity index (χ0n) is 9.46. The molecule has 1 aromatic heterocycles. The summed E-state index contributed by atoms with van der Waals surface area (Å²) in [6.45, 7) is 3.81. The van der Waals surface area contributed by atoms with Crippen molar-refractivity contribution in [2.75, 3.05) is 5.43 Å². The molecule has 0 aliphatic heterocycles. The molecule has 2 aromatic rings. The fourth-order valence-electron chi connectivity index (χ4n) is 1.51. The lowest BCUT2D eigenvalue weighted by atomic mass is 10.1. The average Bonchev–Trinajstić information content (AvgIpc) is 2.29. The molecule has 0 bridgehead atoms. The van der Waals surface area contributed by atoms with Gasteiger partial charge in [0.15, 0.2) is 17.5 Å². The fourth-order valence-corrected chi connectivity index (χ4v) is 1.51. The van der Waals surface area contributed by atoms with Crippen LogP contribution in [0.3, 0.4) is 0 Å². The number of nitrogen functional groups attached to an aromatic ring is 1. The average molecular weight is 238 g/mol. The van der Waals surface area contributed by atoms with Crippen LogP contribution in [0.15, 0.2) is 12.1 Å². The minimum Gasteiger partial charge on any atom is -0.308 e. The summed E-state index contributed by atoms with van der Waals surface area (Å²) < 4.78 is 26.3. The number of halogens is 2. The van der Waals surface area contributed by atoms with Gasteiger partial charge in [0.2, 0.25) is 0 Å². The van der Waals surface area contributed by atoms with Gasteiger partial charge in [-0.25, -0.2) is 24.6 Å². The lowest BCUT2D eigenvalue weighted by Crippen LogP contribution is -2.12. The van der Waals surface area contributed by atoms with Crippen LogP contribution in [0.2, 0.25) is 0 Å². The van der Waals surface area contributed by atoms with E-state index in [1.165, 1.54) is 0 Å². The standard InChI is InChI=1S/C11H12F2N4/c1-5(2)10-15-9-4-8(13)7(12)3-6(9)11(16-10)17-14/h3-5H,14H2,1-2H3,(H,15,16,17). The fraction of sp³-hybridized carbons (Fsp3) is 0.273. The molecule has 90 valence electrons. The van der Waals surface area contributed by atoms with Gasteiger partial charge in [-0.2, -0.15) is 0 Å². The number of nitrogens with one attached hydrogen (secondary N) is 1. The predicted molar refractivity (Wildman–Crippen MR) is 61.4 cm³/mol. The number of hydrogen-bond acceptors (Lipinski definition) is 4. The third-order valence-electron chi connectivity index (χ3n) is 2.41. The molecule has 2 rings (SSSR count). The minimum atomic E-state index is -0.949. The Labute approximate surface area is 96.8 Å². The van der Waals surface area contributed by atoms with Crippen molar-refractivity contribution < 1.29 is 8.78 Å². The van der Waals surface area contributed by atoms with Gasteiger partial charge in [0.05, 0.1) is 5.52 Å². The highest BCUT2D eigenvalue weighted by Crippen LogP contribution is 2.24. The van der Waals surface area contributed by atoms with Crippen molar-refractivity contribution in [3.63, 3.8) is 0 Å². The highest BCUT2D eigenvalue weighted by atomic mass is 19.2. The molecule has 0 saturated heterocycles. The molecule has 0 fully saturated rings. The van der Waals surface area contributed by atoms with Crippen LogP contribution in [0.5, 0.6) is 0 Å². The van der Waals surface area contributed by atoms with Crippen molar-refractivity contribution in [1.29, 1.82) is 0 Å². The molecule has 0 amide bonds. The van der Waals surface area contributed by atoms with Crippen molar-refractivity contribution >= 4 is 16.7 Å². The van der Waals surface area contributed by atoms with Crippen LogP contribution in [-0.4, -0.2) is 9.97 Å². The number of aromatic nitrogens is 2. The number of benzene rings is 1. The Kier molecular flexibility index (Phi) is 2.89. The van der Waals surface area contributed by atoms with E-state index in [2.05, 4.69) is 15.4 Å². The Hall–Kier alpha value is -1.82. The van der Waals surface area contributed by atoms with E-state index in [-0.39, 0.29) is 11.7 Å². The molecular weight excluding hydrogens is 226 g/mol. The molecule has 6 heteroatoms. The smallest absolute Gasteiger partial charge is 0.161 e. The van der Waals surface area contributed by atoms with Crippen LogP contribution in [0.25, 0.3) is 10.9 Å². The molecule has 0 aliphatic rings. The van der Waals surface area contributed by atoms with E-state index in [1.54, 1.807) is 0 Å². The second-order valence-electron chi connectivity index (χ2n) is 4.01. The molecule has 0 atom stereocenters. The van der Waals surface area contributed by atoms with Crippen LogP contribution >= 0.6 is 0 Å². The summed E-state index contributed by atoms with van der Waals surface area (Å²) in [5.41, 5.74) is 2.70. The van der Waals surface area contributed by atoms with E-state index >= 15 is 0 Å². The normalized spacial score (nSPS) is 11.2. The number of nitrogens with two attached hydrogens (primary N) is 1. The summed E-state index contributed by atoms with van der Waals surface area (Å²) in [6.07, 6.45) is 0. The maximum atomic E-state index is 13.1. The van der Waals surface area contributed by atoms with Gasteiger partial charge in [0.25, 0.3) is 0 Å². The van der Waals surface area contributed by atoms with Gasteiger partial charge < -0.3 is 5.43 Å². The lowest BCUT2D eigenvalue weighted by molar-refractivity contribution is 0.510. The van der Waals surface area contributed by atoms with Crippen LogP contribution in [0.4, 0.5) is 14.6 Å². The van der Waals surface area contributed by atoms with E-state index < -0.39 is 11.6 Å². The maximum Gasteiger partial charge on any atom is 0.161 e. The first-order valence-corrected chi connectivity index (χ1v) is 5.16. The van der Waals surface area contributed by atoms with Gasteiger partial charge >= 0.3 is 0 Å². The second kappa shape index (κ2) is 4.21. The zero-order valence-corrected chi connectivity index (χ0v) is 9.46. The van der Waals surface area contributed by atoms with Gasteiger partial charge in [0, 0.05) is 17.4 Å². The molecule has 4 nitrogen and oxygen atoms in total. The molecule has 0 saturated carbocycles. The Morgan fingerprint density at radius 3 is 2.41 bits per heavy atom. The number of hydrazine groups is 1. The van der Waals surface area contributed by atoms with Crippen molar-refractivity contribution in [3.05, 3.63) is 29.6 Å². The highest BCUT2D eigenvalue weighted by molar-refractivity contribution is 5.89. The second-order valence-corrected chi connectivity index (χ2v) is 4.01. The summed E-state index contributed by atoms with van der Waals surface area (Å²) in [7, 11) is 0. The molecule has 17 heavy (non-hydrogen) atoms. The third-order valence-corrected chi connectivity index (χ3v) is 2.41. The SMILES string of the molecule is CC(C)c1nc(NN)c2cc(F)c(F)cc2n1. The predicted octanol–water partition coefficient (Wildman–Crippen LogP) is 2.32. The van der Waals surface area contributed by atoms with E-state index in [1.807, 2.05) is 13.8 Å². The quantitative estimate of drug-likeness (QED) is 0.622. The van der Waals surface area contributed by atoms with Crippen molar-refractivity contribution in [2.45, 2.75) is 19.8 Å². The number of fused-ring (bicyclic) bond motifs is 1. The third kappa shape index (κ3) is 2.03. The van der Waals surface area contributed by atoms with Crippen molar-refractivity contribution in [1.82, 2.24) is 9.97 Å². The minimum absolute atomic E-state index is 0.0691. The number of hydrogen-bond donors (Lipinski definition) is 2. The van der Waals surface area contributed by atoms with E-state index in [9.17, 15) is 8.78 Å². The molecule has 0 spiro atoms. The molecule has 1 aromatic carbocycles. The Bertz CT molecular complexity index is 569. The summed E-state index contributed by atoms with van der Waals surface area (Å²) >= 11 is 0. The lowest BCUT2D eigenvalue weighted by Gasteiger charge is -2.10. The molecule has 0 aliphatic carbocycles. The van der Waals surface area contributed by atoms with Crippen molar-refractivity contribution in [3.8, 4) is 0 Å². The topological polar surface area (TPSA) is 63.8 Å². The zero-order chi connectivity index (χ0) is 12.6. The Balaban J connectivity index is 2.78. The van der Waals surface area contributed by atoms with E-state index in [0.29, 0.717) is 16.7 Å². The van der Waals surface area contributed by atoms with Gasteiger partial charge in [-0.05, 0) is 6.07 Å². The largest absolute Gasteiger partial charge is 0.308 e. The first-order valence-electron chi connectivity index (χ1n) is 5.16. The van der Waals surface area contributed by atoms with Gasteiger partial charge in [0.1, 0.15) is 5.82 Å². The number of nitrogens with zero attached hydrogens (tertiary/aromatic N) is 2. The van der Waals surface area contributed by atoms with Gasteiger partial charge in [-0.3, -0.25) is 0 Å². The maximum absolute atomic E-state index is 13.1. The molecular formula is C11H12F2N4. The number of anilines is 1. The highest BCUT2D eigenvalue weighted by Gasteiger charge is 2.13. The summed E-state index contributed by atoms with van der Waals surface area (Å²) in [4.78, 5) is 8.33. The summed E-state index contributed by atoms with van der Waals surface area (Å²) in [5, 5.41) is 0.357. The monoisotopic (exact) mass is 238 g/mol. The molecule has 0 unspecified atom stereocenters. The van der Waals surface area contributed by atoms with Crippen LogP contribution in [-0.2, 0) is 0 Å². The molecule has 1 heterocycles. The Morgan fingerprint density at radius 1 is 1.18 bits per heavy atom. The first kappa shape index (κ1) is 11.7. The summed E-state index contributed by atoms with van der Waals surface area (Å²) in [5.74, 6) is 4.31. The number of rotatable bonds is 2.